The highest BCUT2D eigenvalue weighted by molar-refractivity contribution is 5.89. The van der Waals surface area contributed by atoms with Gasteiger partial charge in [-0.25, -0.2) is 0 Å². The molecule has 3 aromatic carbocycles. The molecule has 5 heteroatoms. The first-order valence-corrected chi connectivity index (χ1v) is 11.9. The highest BCUT2D eigenvalue weighted by Gasteiger charge is 2.31. The van der Waals surface area contributed by atoms with Gasteiger partial charge in [-0.3, -0.25) is 9.59 Å². The number of rotatable bonds is 12. The van der Waals surface area contributed by atoms with Crippen LogP contribution in [0.15, 0.2) is 91.0 Å². The van der Waals surface area contributed by atoms with Crippen LogP contribution < -0.4 is 5.32 Å². The summed E-state index contributed by atoms with van der Waals surface area (Å²) in [4.78, 5) is 28.8. The molecule has 1 N–H and O–H groups in total. The summed E-state index contributed by atoms with van der Waals surface area (Å²) in [6.45, 7) is 5.39. The summed E-state index contributed by atoms with van der Waals surface area (Å²) in [6, 6.07) is 28.2. The molecule has 0 aliphatic carbocycles. The van der Waals surface area contributed by atoms with E-state index in [4.69, 9.17) is 4.74 Å². The molecule has 34 heavy (non-hydrogen) atoms. The fourth-order valence-electron chi connectivity index (χ4n) is 3.78. The fourth-order valence-corrected chi connectivity index (χ4v) is 3.78. The molecule has 3 aromatic rings. The number of benzene rings is 3. The molecule has 2 amide bonds. The first-order valence-electron chi connectivity index (χ1n) is 11.9. The largest absolute Gasteiger partial charge is 0.379 e. The van der Waals surface area contributed by atoms with Crippen LogP contribution in [-0.4, -0.2) is 36.0 Å². The van der Waals surface area contributed by atoms with Crippen LogP contribution in [0.25, 0.3) is 0 Å². The van der Waals surface area contributed by atoms with Crippen LogP contribution in [0.1, 0.15) is 43.0 Å². The van der Waals surface area contributed by atoms with Gasteiger partial charge in [0.25, 0.3) is 0 Å². The van der Waals surface area contributed by atoms with Crippen molar-refractivity contribution in [3.63, 3.8) is 0 Å². The molecule has 178 valence electrons. The maximum atomic E-state index is 13.6. The molecule has 3 rings (SSSR count). The van der Waals surface area contributed by atoms with Gasteiger partial charge in [0, 0.05) is 19.7 Å². The number of ether oxygens (including phenoxy) is 1. The van der Waals surface area contributed by atoms with Crippen LogP contribution in [0.3, 0.4) is 0 Å². The zero-order chi connectivity index (χ0) is 24.2. The summed E-state index contributed by atoms with van der Waals surface area (Å²) in [5.74, 6) is -0.282. The molecule has 0 heterocycles. The van der Waals surface area contributed by atoms with Crippen LogP contribution in [0, 0.1) is 0 Å². The predicted molar refractivity (Wildman–Crippen MR) is 135 cm³/mol. The smallest absolute Gasteiger partial charge is 0.247 e. The summed E-state index contributed by atoms with van der Waals surface area (Å²) in [5.41, 5.74) is 2.68. The first-order chi connectivity index (χ1) is 16.5. The van der Waals surface area contributed by atoms with E-state index in [1.54, 1.807) is 4.90 Å². The van der Waals surface area contributed by atoms with Gasteiger partial charge in [0.05, 0.1) is 12.5 Å². The summed E-state index contributed by atoms with van der Waals surface area (Å²) in [5, 5.41) is 3.03. The molecule has 1 atom stereocenters. The fraction of sp³-hybridized carbons (Fsp3) is 0.310. The lowest BCUT2D eigenvalue weighted by Gasteiger charge is -2.32. The Labute approximate surface area is 202 Å². The molecule has 1 unspecified atom stereocenters. The van der Waals surface area contributed by atoms with E-state index >= 15 is 0 Å². The second kappa shape index (κ2) is 13.3. The molecule has 0 aromatic heterocycles. The van der Waals surface area contributed by atoms with Gasteiger partial charge >= 0.3 is 0 Å². The van der Waals surface area contributed by atoms with E-state index in [0.29, 0.717) is 26.1 Å². The van der Waals surface area contributed by atoms with Crippen LogP contribution >= 0.6 is 0 Å². The third-order valence-electron chi connectivity index (χ3n) is 5.46. The summed E-state index contributed by atoms with van der Waals surface area (Å²) in [7, 11) is 0. The molecule has 0 aliphatic rings. The lowest BCUT2D eigenvalue weighted by Crippen LogP contribution is -2.44. The highest BCUT2D eigenvalue weighted by atomic mass is 16.5. The van der Waals surface area contributed by atoms with Gasteiger partial charge in [0.2, 0.25) is 11.8 Å². The Morgan fingerprint density at radius 2 is 1.38 bits per heavy atom. The molecular formula is C29H34N2O3. The Morgan fingerprint density at radius 3 is 1.97 bits per heavy atom. The quantitative estimate of drug-likeness (QED) is 0.392. The van der Waals surface area contributed by atoms with Crippen LogP contribution in [-0.2, 0) is 27.3 Å². The summed E-state index contributed by atoms with van der Waals surface area (Å²) >= 11 is 0. The van der Waals surface area contributed by atoms with E-state index in [1.165, 1.54) is 0 Å². The van der Waals surface area contributed by atoms with Crippen molar-refractivity contribution in [2.75, 3.05) is 13.2 Å². The predicted octanol–water partition coefficient (Wildman–Crippen LogP) is 4.93. The molecule has 0 bridgehead atoms. The van der Waals surface area contributed by atoms with Gasteiger partial charge in [-0.1, -0.05) is 91.0 Å². The Balaban J connectivity index is 1.85. The van der Waals surface area contributed by atoms with Crippen molar-refractivity contribution in [2.24, 2.45) is 0 Å². The second-order valence-electron chi connectivity index (χ2n) is 8.55. The van der Waals surface area contributed by atoms with Gasteiger partial charge in [0.15, 0.2) is 0 Å². The third-order valence-corrected chi connectivity index (χ3v) is 5.46. The zero-order valence-corrected chi connectivity index (χ0v) is 20.0. The van der Waals surface area contributed by atoms with Crippen molar-refractivity contribution in [2.45, 2.75) is 45.4 Å². The molecule has 5 nitrogen and oxygen atoms in total. The number of carbonyl (C=O) groups is 2. The lowest BCUT2D eigenvalue weighted by atomic mass is 10.0. The van der Waals surface area contributed by atoms with E-state index in [0.717, 1.165) is 16.7 Å². The average Bonchev–Trinajstić information content (AvgIpc) is 2.85. The van der Waals surface area contributed by atoms with Gasteiger partial charge in [-0.05, 0) is 37.0 Å². The Morgan fingerprint density at radius 1 is 0.824 bits per heavy atom. The van der Waals surface area contributed by atoms with Crippen molar-refractivity contribution in [3.05, 3.63) is 108 Å². The van der Waals surface area contributed by atoms with E-state index in [2.05, 4.69) is 5.32 Å². The van der Waals surface area contributed by atoms with Crippen molar-refractivity contribution in [3.8, 4) is 0 Å². The Hall–Kier alpha value is -3.44. The van der Waals surface area contributed by atoms with Crippen molar-refractivity contribution < 1.29 is 14.3 Å². The number of amides is 2. The van der Waals surface area contributed by atoms with Crippen LogP contribution in [0.4, 0.5) is 0 Å². The normalized spacial score (nSPS) is 11.7. The summed E-state index contributed by atoms with van der Waals surface area (Å²) < 4.78 is 5.58. The molecule has 0 saturated heterocycles. The van der Waals surface area contributed by atoms with E-state index < -0.39 is 6.04 Å². The monoisotopic (exact) mass is 458 g/mol. The van der Waals surface area contributed by atoms with Crippen molar-refractivity contribution in [1.82, 2.24) is 10.2 Å². The number of hydrogen-bond donors (Lipinski definition) is 1. The summed E-state index contributed by atoms with van der Waals surface area (Å²) in [6.07, 6.45) is 1.10. The van der Waals surface area contributed by atoms with Gasteiger partial charge in [-0.15, -0.1) is 0 Å². The van der Waals surface area contributed by atoms with E-state index in [1.807, 2.05) is 105 Å². The number of hydrogen-bond acceptors (Lipinski definition) is 3. The first kappa shape index (κ1) is 25.2. The second-order valence-corrected chi connectivity index (χ2v) is 8.55. The molecule has 0 radical (unpaired) electrons. The minimum atomic E-state index is -0.733. The maximum absolute atomic E-state index is 13.6. The van der Waals surface area contributed by atoms with Crippen molar-refractivity contribution in [1.29, 1.82) is 0 Å². The lowest BCUT2D eigenvalue weighted by molar-refractivity contribution is -0.141. The minimum Gasteiger partial charge on any atom is -0.379 e. The Bertz CT molecular complexity index is 1010. The molecule has 0 aliphatic heterocycles. The van der Waals surface area contributed by atoms with E-state index in [-0.39, 0.29) is 24.3 Å². The molecule has 0 spiro atoms. The molecular weight excluding hydrogens is 424 g/mol. The van der Waals surface area contributed by atoms with Gasteiger partial charge < -0.3 is 15.0 Å². The number of carbonyl (C=O) groups excluding carboxylic acids is 2. The Kier molecular flexibility index (Phi) is 9.86. The zero-order valence-electron chi connectivity index (χ0n) is 20.0. The topological polar surface area (TPSA) is 58.6 Å². The highest BCUT2D eigenvalue weighted by Crippen LogP contribution is 2.25. The third kappa shape index (κ3) is 7.85. The van der Waals surface area contributed by atoms with Gasteiger partial charge in [0.1, 0.15) is 6.04 Å². The van der Waals surface area contributed by atoms with E-state index in [9.17, 15) is 9.59 Å². The standard InChI is InChI=1S/C29H34N2O3/c1-23(2)34-20-12-19-30-29(33)28(26-17-10-5-11-18-26)31(22-25-15-8-4-9-16-25)27(32)21-24-13-6-3-7-14-24/h3-11,13-18,23,28H,12,19-22H2,1-2H3,(H,30,33). The number of nitrogens with one attached hydrogen (secondary N) is 1. The molecule has 0 fully saturated rings. The molecule has 0 saturated carbocycles. The average molecular weight is 459 g/mol. The SMILES string of the molecule is CC(C)OCCCNC(=O)C(c1ccccc1)N(Cc1ccccc1)C(=O)Cc1ccccc1. The van der Waals surface area contributed by atoms with Gasteiger partial charge in [-0.2, -0.15) is 0 Å². The number of nitrogens with zero attached hydrogens (tertiary/aromatic N) is 1. The van der Waals surface area contributed by atoms with Crippen molar-refractivity contribution >= 4 is 11.8 Å². The maximum Gasteiger partial charge on any atom is 0.247 e. The van der Waals surface area contributed by atoms with Crippen LogP contribution in [0.5, 0.6) is 0 Å². The minimum absolute atomic E-state index is 0.0952. The van der Waals surface area contributed by atoms with Crippen LogP contribution in [0.2, 0.25) is 0 Å².